The number of amides is 1. The average Bonchev–Trinajstić information content (AvgIpc) is 3.46. The van der Waals surface area contributed by atoms with Crippen LogP contribution in [0.1, 0.15) is 29.7 Å². The van der Waals surface area contributed by atoms with Gasteiger partial charge >= 0.3 is 0 Å². The lowest BCUT2D eigenvalue weighted by atomic mass is 9.97. The van der Waals surface area contributed by atoms with E-state index in [1.165, 1.54) is 16.9 Å². The van der Waals surface area contributed by atoms with Crippen LogP contribution in [0.25, 0.3) is 31.0 Å². The first-order valence-electron chi connectivity index (χ1n) is 11.3. The number of anilines is 1. The molecule has 0 aliphatic heterocycles. The summed E-state index contributed by atoms with van der Waals surface area (Å²) in [6.45, 7) is 0.280. The number of rotatable bonds is 5. The molecular formula is C25H21N5O2S2. The van der Waals surface area contributed by atoms with Crippen molar-refractivity contribution in [3.63, 3.8) is 0 Å². The van der Waals surface area contributed by atoms with Gasteiger partial charge in [0, 0.05) is 29.6 Å². The van der Waals surface area contributed by atoms with Gasteiger partial charge < -0.3 is 5.32 Å². The second kappa shape index (κ2) is 8.73. The lowest BCUT2D eigenvalue weighted by molar-refractivity contribution is -0.116. The molecule has 1 N–H and O–H groups in total. The van der Waals surface area contributed by atoms with Crippen molar-refractivity contribution >= 4 is 54.8 Å². The number of para-hydroxylation sites is 1. The second-order valence-corrected chi connectivity index (χ2v) is 10.5. The van der Waals surface area contributed by atoms with Crippen LogP contribution in [0.4, 0.5) is 5.82 Å². The number of nitrogens with zero attached hydrogens (tertiary/aromatic N) is 4. The molecule has 1 aliphatic rings. The number of benzene rings is 1. The molecular weight excluding hydrogens is 466 g/mol. The van der Waals surface area contributed by atoms with Gasteiger partial charge in [0.15, 0.2) is 0 Å². The van der Waals surface area contributed by atoms with E-state index in [0.717, 1.165) is 50.3 Å². The molecule has 4 aromatic heterocycles. The molecule has 6 rings (SSSR count). The number of thiophene rings is 1. The Morgan fingerprint density at radius 2 is 1.94 bits per heavy atom. The Labute approximate surface area is 203 Å². The van der Waals surface area contributed by atoms with Crippen LogP contribution in [0.2, 0.25) is 0 Å². The Hall–Kier alpha value is -3.43. The number of hydrogen-bond acceptors (Lipinski definition) is 7. The molecule has 4 heterocycles. The summed E-state index contributed by atoms with van der Waals surface area (Å²) in [6.07, 6.45) is 7.70. The van der Waals surface area contributed by atoms with Gasteiger partial charge in [-0.1, -0.05) is 12.1 Å². The molecule has 0 saturated carbocycles. The van der Waals surface area contributed by atoms with Crippen LogP contribution in [0.3, 0.4) is 0 Å². The highest BCUT2D eigenvalue weighted by atomic mass is 32.1. The number of carbonyl (C=O) groups excluding carboxylic acids is 1. The van der Waals surface area contributed by atoms with Crippen molar-refractivity contribution in [1.82, 2.24) is 19.5 Å². The second-order valence-electron chi connectivity index (χ2n) is 8.35. The molecule has 1 amide bonds. The Morgan fingerprint density at radius 3 is 2.79 bits per heavy atom. The van der Waals surface area contributed by atoms with Crippen molar-refractivity contribution in [1.29, 1.82) is 0 Å². The molecule has 0 spiro atoms. The Morgan fingerprint density at radius 1 is 1.06 bits per heavy atom. The van der Waals surface area contributed by atoms with E-state index < -0.39 is 0 Å². The van der Waals surface area contributed by atoms with Crippen molar-refractivity contribution in [2.75, 3.05) is 5.32 Å². The third-order valence-electron chi connectivity index (χ3n) is 6.09. The number of fused-ring (bicyclic) bond motifs is 4. The zero-order valence-corrected chi connectivity index (χ0v) is 19.9. The van der Waals surface area contributed by atoms with E-state index in [1.54, 1.807) is 45.8 Å². The summed E-state index contributed by atoms with van der Waals surface area (Å²) >= 11 is 3.24. The first-order valence-corrected chi connectivity index (χ1v) is 12.9. The zero-order valence-electron chi connectivity index (χ0n) is 18.3. The van der Waals surface area contributed by atoms with Crippen molar-refractivity contribution in [2.45, 2.75) is 38.6 Å². The van der Waals surface area contributed by atoms with Crippen molar-refractivity contribution in [3.05, 3.63) is 69.7 Å². The molecule has 170 valence electrons. The van der Waals surface area contributed by atoms with E-state index in [0.29, 0.717) is 5.82 Å². The van der Waals surface area contributed by atoms with Crippen LogP contribution in [-0.2, 0) is 24.2 Å². The highest BCUT2D eigenvalue weighted by molar-refractivity contribution is 7.21. The number of aryl methyl sites for hydroxylation is 3. The standard InChI is InChI=1S/C25H21N5O2S2/c31-21(11-12-30-14-27-24-22(25(30)32)16-5-1-3-7-18(16)33-24)29-20-10-9-15(13-26-20)23-28-17-6-2-4-8-19(17)34-23/h2,4,6,8-10,13-14H,1,3,5,7,11-12H2,(H,26,29,31). The van der Waals surface area contributed by atoms with Gasteiger partial charge in [-0.15, -0.1) is 22.7 Å². The van der Waals surface area contributed by atoms with Crippen LogP contribution in [-0.4, -0.2) is 25.4 Å². The fraction of sp³-hybridized carbons (Fsp3) is 0.240. The van der Waals surface area contributed by atoms with E-state index in [-0.39, 0.29) is 24.4 Å². The number of pyridine rings is 1. The zero-order chi connectivity index (χ0) is 23.1. The number of carbonyl (C=O) groups is 1. The van der Waals surface area contributed by atoms with Crippen LogP contribution in [0.5, 0.6) is 0 Å². The van der Waals surface area contributed by atoms with Gasteiger partial charge in [0.25, 0.3) is 5.56 Å². The predicted octanol–water partition coefficient (Wildman–Crippen LogP) is 5.04. The van der Waals surface area contributed by atoms with E-state index in [2.05, 4.69) is 20.3 Å². The van der Waals surface area contributed by atoms with E-state index >= 15 is 0 Å². The average molecular weight is 488 g/mol. The summed E-state index contributed by atoms with van der Waals surface area (Å²) in [7, 11) is 0. The summed E-state index contributed by atoms with van der Waals surface area (Å²) in [5.41, 5.74) is 2.99. The maximum absolute atomic E-state index is 13.0. The lowest BCUT2D eigenvalue weighted by Gasteiger charge is -2.10. The lowest BCUT2D eigenvalue weighted by Crippen LogP contribution is -2.24. The van der Waals surface area contributed by atoms with E-state index in [9.17, 15) is 9.59 Å². The Balaban J connectivity index is 1.13. The molecule has 0 saturated heterocycles. The topological polar surface area (TPSA) is 89.8 Å². The smallest absolute Gasteiger partial charge is 0.262 e. The van der Waals surface area contributed by atoms with Crippen LogP contribution >= 0.6 is 22.7 Å². The minimum absolute atomic E-state index is 0.0458. The minimum atomic E-state index is -0.195. The number of thiazole rings is 1. The molecule has 9 heteroatoms. The quantitative estimate of drug-likeness (QED) is 0.375. The largest absolute Gasteiger partial charge is 0.311 e. The first kappa shape index (κ1) is 21.1. The summed E-state index contributed by atoms with van der Waals surface area (Å²) in [6, 6.07) is 11.7. The highest BCUT2D eigenvalue weighted by Crippen LogP contribution is 2.33. The molecule has 1 aliphatic carbocycles. The molecule has 0 atom stereocenters. The Bertz CT molecular complexity index is 1550. The number of hydrogen-bond donors (Lipinski definition) is 1. The summed E-state index contributed by atoms with van der Waals surface area (Å²) in [5.74, 6) is 0.280. The third kappa shape index (κ3) is 3.91. The highest BCUT2D eigenvalue weighted by Gasteiger charge is 2.20. The molecule has 0 radical (unpaired) electrons. The van der Waals surface area contributed by atoms with E-state index in [1.807, 2.05) is 30.3 Å². The minimum Gasteiger partial charge on any atom is -0.311 e. The molecule has 34 heavy (non-hydrogen) atoms. The maximum atomic E-state index is 13.0. The van der Waals surface area contributed by atoms with Gasteiger partial charge in [0.05, 0.1) is 21.9 Å². The summed E-state index contributed by atoms with van der Waals surface area (Å²) in [4.78, 5) is 41.2. The monoisotopic (exact) mass is 487 g/mol. The third-order valence-corrected chi connectivity index (χ3v) is 8.38. The molecule has 7 nitrogen and oxygen atoms in total. The number of aromatic nitrogens is 4. The molecule has 1 aromatic carbocycles. The van der Waals surface area contributed by atoms with E-state index in [4.69, 9.17) is 0 Å². The molecule has 0 bridgehead atoms. The van der Waals surface area contributed by atoms with Gasteiger partial charge in [-0.2, -0.15) is 0 Å². The molecule has 0 fully saturated rings. The summed E-state index contributed by atoms with van der Waals surface area (Å²) < 4.78 is 2.67. The van der Waals surface area contributed by atoms with Gasteiger partial charge in [0.1, 0.15) is 15.7 Å². The maximum Gasteiger partial charge on any atom is 0.262 e. The van der Waals surface area contributed by atoms with Crippen LogP contribution in [0.15, 0.2) is 53.7 Å². The number of nitrogens with one attached hydrogen (secondary N) is 1. The first-order chi connectivity index (χ1) is 16.7. The van der Waals surface area contributed by atoms with Gasteiger partial charge in [-0.3, -0.25) is 14.2 Å². The molecule has 5 aromatic rings. The molecule has 0 unspecified atom stereocenters. The van der Waals surface area contributed by atoms with Crippen molar-refractivity contribution in [3.8, 4) is 10.6 Å². The van der Waals surface area contributed by atoms with Gasteiger partial charge in [-0.05, 0) is 55.5 Å². The Kier molecular flexibility index (Phi) is 5.43. The van der Waals surface area contributed by atoms with Crippen molar-refractivity contribution in [2.24, 2.45) is 0 Å². The fourth-order valence-electron chi connectivity index (χ4n) is 4.36. The van der Waals surface area contributed by atoms with Gasteiger partial charge in [-0.25, -0.2) is 15.0 Å². The normalized spacial score (nSPS) is 13.3. The summed E-state index contributed by atoms with van der Waals surface area (Å²) in [5, 5.41) is 4.46. The SMILES string of the molecule is O=C(CCn1cnc2sc3c(c2c1=O)CCCC3)Nc1ccc(-c2nc3ccccc3s2)cn1. The van der Waals surface area contributed by atoms with Crippen LogP contribution < -0.4 is 10.9 Å². The van der Waals surface area contributed by atoms with Crippen molar-refractivity contribution < 1.29 is 4.79 Å². The fourth-order valence-corrected chi connectivity index (χ4v) is 6.53. The van der Waals surface area contributed by atoms with Gasteiger partial charge in [0.2, 0.25) is 5.91 Å². The van der Waals surface area contributed by atoms with Crippen LogP contribution in [0, 0.1) is 0 Å². The predicted molar refractivity (Wildman–Crippen MR) is 137 cm³/mol.